The van der Waals surface area contributed by atoms with E-state index in [0.29, 0.717) is 0 Å². The average molecular weight is 319 g/mol. The van der Waals surface area contributed by atoms with E-state index in [-0.39, 0.29) is 19.1 Å². The van der Waals surface area contributed by atoms with Crippen molar-refractivity contribution in [2.24, 2.45) is 10.7 Å². The van der Waals surface area contributed by atoms with Gasteiger partial charge in [-0.2, -0.15) is 0 Å². The van der Waals surface area contributed by atoms with Crippen LogP contribution in [0.25, 0.3) is 0 Å². The number of carbonyl (C=O) groups is 3. The number of rotatable bonds is 3. The minimum Gasteiger partial charge on any atom is -0.445 e. The largest absolute Gasteiger partial charge is 0.445 e. The number of hydrogen-bond donors (Lipinski definition) is 3. The van der Waals surface area contributed by atoms with Crippen molar-refractivity contribution in [2.75, 3.05) is 13.6 Å². The standard InChI is InChI=1S/C14H17N5O4/c1-19(14(22)23-8-9-5-3-2-4-6-9)10-7-16-13(17-11(10)20)18-12(15)21/h2-6,10H,7-8H2,1H3,(H4,15,16,17,18,20,21). The van der Waals surface area contributed by atoms with Crippen LogP contribution in [0, 0.1) is 0 Å². The Morgan fingerprint density at radius 3 is 2.74 bits per heavy atom. The van der Waals surface area contributed by atoms with E-state index < -0.39 is 24.1 Å². The number of amides is 4. The molecule has 1 aromatic carbocycles. The van der Waals surface area contributed by atoms with Gasteiger partial charge in [-0.05, 0) is 5.56 Å². The molecule has 1 aliphatic rings. The van der Waals surface area contributed by atoms with Crippen LogP contribution in [0.2, 0.25) is 0 Å². The maximum absolute atomic E-state index is 12.0. The first-order chi connectivity index (χ1) is 11.0. The molecule has 4 amide bonds. The topological polar surface area (TPSA) is 126 Å². The summed E-state index contributed by atoms with van der Waals surface area (Å²) in [5.74, 6) is -0.521. The van der Waals surface area contributed by atoms with Gasteiger partial charge in [-0.1, -0.05) is 30.3 Å². The number of urea groups is 1. The molecule has 0 aromatic heterocycles. The highest BCUT2D eigenvalue weighted by molar-refractivity contribution is 6.07. The lowest BCUT2D eigenvalue weighted by Crippen LogP contribution is -2.58. The predicted octanol–water partition coefficient (Wildman–Crippen LogP) is -0.222. The lowest BCUT2D eigenvalue weighted by Gasteiger charge is -2.28. The van der Waals surface area contributed by atoms with Gasteiger partial charge in [0.2, 0.25) is 5.96 Å². The Bertz CT molecular complexity index is 631. The normalized spacial score (nSPS) is 16.8. The molecule has 0 radical (unpaired) electrons. The molecule has 4 N–H and O–H groups in total. The number of guanidine groups is 1. The summed E-state index contributed by atoms with van der Waals surface area (Å²) in [4.78, 5) is 39.8. The number of nitrogens with zero attached hydrogens (tertiary/aromatic N) is 2. The third-order valence-electron chi connectivity index (χ3n) is 3.17. The van der Waals surface area contributed by atoms with E-state index >= 15 is 0 Å². The van der Waals surface area contributed by atoms with Gasteiger partial charge in [-0.15, -0.1) is 0 Å². The van der Waals surface area contributed by atoms with Crippen LogP contribution in [0.5, 0.6) is 0 Å². The van der Waals surface area contributed by atoms with Crippen molar-refractivity contribution in [3.8, 4) is 0 Å². The molecule has 9 nitrogen and oxygen atoms in total. The zero-order valence-electron chi connectivity index (χ0n) is 12.5. The Morgan fingerprint density at radius 1 is 1.43 bits per heavy atom. The molecule has 0 saturated carbocycles. The fourth-order valence-corrected chi connectivity index (χ4v) is 1.93. The van der Waals surface area contributed by atoms with Crippen molar-refractivity contribution in [3.63, 3.8) is 0 Å². The molecule has 0 bridgehead atoms. The van der Waals surface area contributed by atoms with E-state index in [9.17, 15) is 14.4 Å². The maximum atomic E-state index is 12.0. The number of ether oxygens (including phenoxy) is 1. The van der Waals surface area contributed by atoms with E-state index in [1.165, 1.54) is 7.05 Å². The minimum atomic E-state index is -0.835. The molecule has 9 heteroatoms. The number of aliphatic imine (C=N–C) groups is 1. The van der Waals surface area contributed by atoms with Gasteiger partial charge in [-0.25, -0.2) is 14.6 Å². The van der Waals surface area contributed by atoms with Crippen LogP contribution < -0.4 is 16.4 Å². The van der Waals surface area contributed by atoms with Crippen molar-refractivity contribution in [1.82, 2.24) is 15.5 Å². The lowest BCUT2D eigenvalue weighted by atomic mass is 10.2. The second-order valence-corrected chi connectivity index (χ2v) is 4.83. The highest BCUT2D eigenvalue weighted by atomic mass is 16.6. The summed E-state index contributed by atoms with van der Waals surface area (Å²) >= 11 is 0. The first-order valence-electron chi connectivity index (χ1n) is 6.82. The Morgan fingerprint density at radius 2 is 2.13 bits per heavy atom. The first kappa shape index (κ1) is 16.3. The molecule has 1 unspecified atom stereocenters. The van der Waals surface area contributed by atoms with Crippen LogP contribution in [-0.4, -0.2) is 48.5 Å². The van der Waals surface area contributed by atoms with Crippen molar-refractivity contribution in [2.45, 2.75) is 12.6 Å². The number of primary amides is 1. The van der Waals surface area contributed by atoms with Crippen molar-refractivity contribution in [3.05, 3.63) is 35.9 Å². The second kappa shape index (κ2) is 7.25. The summed E-state index contributed by atoms with van der Waals surface area (Å²) in [6, 6.07) is 7.53. The van der Waals surface area contributed by atoms with Crippen LogP contribution in [0.4, 0.5) is 9.59 Å². The molecule has 1 atom stereocenters. The Labute approximate surface area is 132 Å². The second-order valence-electron chi connectivity index (χ2n) is 4.83. The highest BCUT2D eigenvalue weighted by Gasteiger charge is 2.31. The van der Waals surface area contributed by atoms with Gasteiger partial charge < -0.3 is 10.5 Å². The third-order valence-corrected chi connectivity index (χ3v) is 3.17. The molecule has 1 heterocycles. The maximum Gasteiger partial charge on any atom is 0.410 e. The van der Waals surface area contributed by atoms with Gasteiger partial charge in [0.1, 0.15) is 12.6 Å². The zero-order chi connectivity index (χ0) is 16.8. The molecule has 2 rings (SSSR count). The van der Waals surface area contributed by atoms with Gasteiger partial charge in [-0.3, -0.25) is 20.3 Å². The molecule has 1 aromatic rings. The number of benzene rings is 1. The van der Waals surface area contributed by atoms with Gasteiger partial charge >= 0.3 is 12.1 Å². The van der Waals surface area contributed by atoms with E-state index in [2.05, 4.69) is 15.6 Å². The lowest BCUT2D eigenvalue weighted by molar-refractivity contribution is -0.124. The molecule has 122 valence electrons. The van der Waals surface area contributed by atoms with Crippen molar-refractivity contribution >= 4 is 24.0 Å². The molecular weight excluding hydrogens is 302 g/mol. The quantitative estimate of drug-likeness (QED) is 0.711. The van der Waals surface area contributed by atoms with Gasteiger partial charge in [0.15, 0.2) is 0 Å². The van der Waals surface area contributed by atoms with Gasteiger partial charge in [0, 0.05) is 7.05 Å². The smallest absolute Gasteiger partial charge is 0.410 e. The summed E-state index contributed by atoms with van der Waals surface area (Å²) in [5, 5.41) is 4.53. The molecule has 0 saturated heterocycles. The minimum absolute atomic E-state index is 0.00160. The Balaban J connectivity index is 1.91. The molecule has 1 aliphatic heterocycles. The number of hydrogen-bond acceptors (Lipinski definition) is 5. The first-order valence-corrected chi connectivity index (χ1v) is 6.82. The SMILES string of the molecule is CN(C(=O)OCc1ccccc1)C1CN=C(NC(N)=O)NC1=O. The van der Waals surface area contributed by atoms with Crippen LogP contribution in [-0.2, 0) is 16.1 Å². The summed E-state index contributed by atoms with van der Waals surface area (Å²) in [7, 11) is 1.44. The fourth-order valence-electron chi connectivity index (χ4n) is 1.93. The number of likely N-dealkylation sites (N-methyl/N-ethyl adjacent to an activating group) is 1. The zero-order valence-corrected chi connectivity index (χ0v) is 12.5. The van der Waals surface area contributed by atoms with Gasteiger partial charge in [0.05, 0.1) is 6.54 Å². The molecular formula is C14H17N5O4. The van der Waals surface area contributed by atoms with Crippen molar-refractivity contribution < 1.29 is 19.1 Å². The van der Waals surface area contributed by atoms with Crippen molar-refractivity contribution in [1.29, 1.82) is 0 Å². The van der Waals surface area contributed by atoms with E-state index in [0.717, 1.165) is 10.5 Å². The van der Waals surface area contributed by atoms with E-state index in [4.69, 9.17) is 10.5 Å². The average Bonchev–Trinajstić information content (AvgIpc) is 2.52. The van der Waals surface area contributed by atoms with Crippen LogP contribution in [0.3, 0.4) is 0 Å². The van der Waals surface area contributed by atoms with E-state index in [1.54, 1.807) is 0 Å². The number of carbonyl (C=O) groups excluding carboxylic acids is 3. The van der Waals surface area contributed by atoms with Gasteiger partial charge in [0.25, 0.3) is 5.91 Å². The fraction of sp³-hybridized carbons (Fsp3) is 0.286. The summed E-state index contributed by atoms with van der Waals surface area (Å²) < 4.78 is 5.15. The van der Waals surface area contributed by atoms with Crippen LogP contribution in [0.15, 0.2) is 35.3 Å². The third kappa shape index (κ3) is 4.43. The molecule has 0 aliphatic carbocycles. The monoisotopic (exact) mass is 319 g/mol. The van der Waals surface area contributed by atoms with Crippen LogP contribution in [0.1, 0.15) is 5.56 Å². The van der Waals surface area contributed by atoms with Crippen LogP contribution >= 0.6 is 0 Å². The van der Waals surface area contributed by atoms with E-state index in [1.807, 2.05) is 30.3 Å². The highest BCUT2D eigenvalue weighted by Crippen LogP contribution is 2.07. The molecule has 0 fully saturated rings. The summed E-state index contributed by atoms with van der Waals surface area (Å²) in [6.45, 7) is 0.106. The predicted molar refractivity (Wildman–Crippen MR) is 81.3 cm³/mol. The summed E-state index contributed by atoms with van der Waals surface area (Å²) in [6.07, 6.45) is -0.643. The Kier molecular flexibility index (Phi) is 5.13. The summed E-state index contributed by atoms with van der Waals surface area (Å²) in [5.41, 5.74) is 5.78. The molecule has 0 spiro atoms. The molecule has 23 heavy (non-hydrogen) atoms. The number of nitrogens with one attached hydrogen (secondary N) is 2. The Hall–Kier alpha value is -3.10. The number of nitrogens with two attached hydrogens (primary N) is 1.